The number of rotatable bonds is 9. The van der Waals surface area contributed by atoms with Crippen molar-refractivity contribution in [1.29, 1.82) is 0 Å². The number of nitrogens with two attached hydrogens (primary N) is 4. The fraction of sp³-hybridized carbons (Fsp3) is 0.400. The fourth-order valence-corrected chi connectivity index (χ4v) is 5.46. The molecule has 0 aliphatic carbocycles. The molecule has 4 rings (SSSR count). The number of hydrogen-bond donors (Lipinski definition) is 8. The molecule has 47 heavy (non-hydrogen) atoms. The lowest BCUT2D eigenvalue weighted by molar-refractivity contribution is -0.135. The lowest BCUT2D eigenvalue weighted by atomic mass is 9.92. The number of benzene rings is 2. The zero-order valence-corrected chi connectivity index (χ0v) is 25.5. The van der Waals surface area contributed by atoms with Gasteiger partial charge in [-0.25, -0.2) is 4.90 Å². The van der Waals surface area contributed by atoms with E-state index in [0.29, 0.717) is 41.8 Å². The molecule has 2 aromatic rings. The van der Waals surface area contributed by atoms with Crippen LogP contribution in [0.15, 0.2) is 35.3 Å². The molecule has 2 aliphatic heterocycles. The van der Waals surface area contributed by atoms with Crippen LogP contribution in [0.25, 0.3) is 10.8 Å². The predicted molar refractivity (Wildman–Crippen MR) is 170 cm³/mol. The van der Waals surface area contributed by atoms with E-state index in [9.17, 15) is 33.6 Å². The largest absolute Gasteiger partial charge is 0.398 e. The van der Waals surface area contributed by atoms with Crippen LogP contribution >= 0.6 is 0 Å². The van der Waals surface area contributed by atoms with Gasteiger partial charge in [-0.1, -0.05) is 12.1 Å². The Bertz CT molecular complexity index is 1620. The number of nitrogens with zero attached hydrogens (tertiary/aromatic N) is 2. The Morgan fingerprint density at radius 2 is 1.51 bits per heavy atom. The quantitative estimate of drug-likeness (QED) is 0.0469. The molecule has 3 atom stereocenters. The summed E-state index contributed by atoms with van der Waals surface area (Å²) in [6, 6.07) is 3.51. The minimum absolute atomic E-state index is 0.0351. The Labute approximate surface area is 269 Å². The van der Waals surface area contributed by atoms with Gasteiger partial charge in [0.1, 0.15) is 18.1 Å². The third kappa shape index (κ3) is 7.99. The molecule has 0 bridgehead atoms. The Kier molecular flexibility index (Phi) is 11.0. The molecule has 0 radical (unpaired) electrons. The number of aliphatic imine (C=N–C) groups is 1. The number of nitrogen functional groups attached to an aromatic ring is 1. The second-order valence-corrected chi connectivity index (χ2v) is 11.2. The van der Waals surface area contributed by atoms with E-state index in [-0.39, 0.29) is 41.9 Å². The molecule has 12 N–H and O–H groups in total. The molecule has 17 nitrogen and oxygen atoms in total. The zero-order chi connectivity index (χ0) is 34.2. The van der Waals surface area contributed by atoms with E-state index in [2.05, 4.69) is 26.3 Å². The summed E-state index contributed by atoms with van der Waals surface area (Å²) in [5, 5.41) is 10.7. The first-order chi connectivity index (χ1) is 22.4. The van der Waals surface area contributed by atoms with Crippen molar-refractivity contribution < 1.29 is 33.6 Å². The zero-order valence-electron chi connectivity index (χ0n) is 25.5. The van der Waals surface area contributed by atoms with Crippen LogP contribution in [0.4, 0.5) is 5.69 Å². The molecule has 1 fully saturated rings. The van der Waals surface area contributed by atoms with E-state index in [1.807, 2.05) is 0 Å². The van der Waals surface area contributed by atoms with Gasteiger partial charge in [0.05, 0.1) is 13.0 Å². The highest BCUT2D eigenvalue weighted by Crippen LogP contribution is 2.33. The number of unbranched alkanes of at least 4 members (excludes halogenated alkanes) is 1. The summed E-state index contributed by atoms with van der Waals surface area (Å²) in [6.45, 7) is -0.140. The standard InChI is InChI=1S/C30H38N10O7/c31-11-2-1-7-20-26(44)39-19(8-4-12-35-30(33)34)25(43)36-14-23(42)38-21(13-22(41)37-20)29(47)40-27(45)16-6-3-5-15-18(32)10-9-17(24(15)16)28(40)46/h3,5-6,9-10,19-21H,1-2,4,7-8,11-14,31-32H2,(H,36,43)(H,37,41)(H,38,42)(H,39,44)(H4,33,34,35)/t19?,20?,21-/m0/s1. The van der Waals surface area contributed by atoms with Crippen LogP contribution in [0.1, 0.15) is 59.2 Å². The van der Waals surface area contributed by atoms with Crippen molar-refractivity contribution in [1.82, 2.24) is 26.2 Å². The second kappa shape index (κ2) is 15.1. The summed E-state index contributed by atoms with van der Waals surface area (Å²) in [5.74, 6) is -6.34. The average molecular weight is 651 g/mol. The molecule has 250 valence electrons. The van der Waals surface area contributed by atoms with E-state index < -0.39 is 72.4 Å². The Balaban J connectivity index is 1.62. The molecule has 0 aromatic heterocycles. The summed E-state index contributed by atoms with van der Waals surface area (Å²) >= 11 is 0. The molecule has 0 saturated carbocycles. The highest BCUT2D eigenvalue weighted by atomic mass is 16.2. The molecule has 7 amide bonds. The predicted octanol–water partition coefficient (Wildman–Crippen LogP) is -2.30. The van der Waals surface area contributed by atoms with Crippen LogP contribution in [0.3, 0.4) is 0 Å². The monoisotopic (exact) mass is 650 g/mol. The van der Waals surface area contributed by atoms with E-state index in [0.717, 1.165) is 0 Å². The Morgan fingerprint density at radius 3 is 2.21 bits per heavy atom. The Hall–Kier alpha value is -5.58. The van der Waals surface area contributed by atoms with E-state index in [1.165, 1.54) is 18.2 Å². The van der Waals surface area contributed by atoms with Gasteiger partial charge < -0.3 is 44.2 Å². The minimum Gasteiger partial charge on any atom is -0.398 e. The summed E-state index contributed by atoms with van der Waals surface area (Å²) in [5.41, 5.74) is 22.7. The molecular weight excluding hydrogens is 612 g/mol. The lowest BCUT2D eigenvalue weighted by Crippen LogP contribution is -2.56. The molecule has 2 aromatic carbocycles. The average Bonchev–Trinajstić information content (AvgIpc) is 3.03. The maximum Gasteiger partial charge on any atom is 0.268 e. The highest BCUT2D eigenvalue weighted by Gasteiger charge is 2.41. The number of nitrogens with one attached hydrogen (secondary N) is 4. The van der Waals surface area contributed by atoms with Gasteiger partial charge in [0.2, 0.25) is 23.6 Å². The van der Waals surface area contributed by atoms with Gasteiger partial charge in [-0.2, -0.15) is 0 Å². The van der Waals surface area contributed by atoms with Crippen LogP contribution in [0.2, 0.25) is 0 Å². The van der Waals surface area contributed by atoms with Gasteiger partial charge in [0.15, 0.2) is 5.96 Å². The van der Waals surface area contributed by atoms with Crippen molar-refractivity contribution >= 4 is 63.8 Å². The van der Waals surface area contributed by atoms with Crippen LogP contribution in [-0.4, -0.2) is 90.0 Å². The van der Waals surface area contributed by atoms with Crippen molar-refractivity contribution in [3.63, 3.8) is 0 Å². The first-order valence-corrected chi connectivity index (χ1v) is 15.1. The van der Waals surface area contributed by atoms with E-state index in [1.54, 1.807) is 12.1 Å². The molecule has 2 unspecified atom stereocenters. The number of carbonyl (C=O) groups excluding carboxylic acids is 7. The smallest absolute Gasteiger partial charge is 0.268 e. The maximum atomic E-state index is 13.9. The molecule has 2 heterocycles. The summed E-state index contributed by atoms with van der Waals surface area (Å²) in [6.07, 6.45) is 0.802. The molecule has 2 aliphatic rings. The summed E-state index contributed by atoms with van der Waals surface area (Å²) in [7, 11) is 0. The van der Waals surface area contributed by atoms with Gasteiger partial charge in [0, 0.05) is 34.1 Å². The van der Waals surface area contributed by atoms with Crippen LogP contribution < -0.4 is 44.2 Å². The summed E-state index contributed by atoms with van der Waals surface area (Å²) < 4.78 is 0. The van der Waals surface area contributed by atoms with Gasteiger partial charge in [-0.15, -0.1) is 0 Å². The highest BCUT2D eigenvalue weighted by molar-refractivity contribution is 6.32. The number of amides is 7. The van der Waals surface area contributed by atoms with Crippen LogP contribution in [-0.2, 0) is 24.0 Å². The van der Waals surface area contributed by atoms with E-state index in [4.69, 9.17) is 22.9 Å². The normalized spacial score (nSPS) is 20.6. The fourth-order valence-electron chi connectivity index (χ4n) is 5.46. The van der Waals surface area contributed by atoms with Crippen molar-refractivity contribution in [2.24, 2.45) is 22.2 Å². The lowest BCUT2D eigenvalue weighted by Gasteiger charge is -2.29. The topological polar surface area (TPSA) is 287 Å². The minimum atomic E-state index is -1.72. The number of anilines is 1. The number of carbonyl (C=O) groups is 7. The van der Waals surface area contributed by atoms with Gasteiger partial charge in [-0.3, -0.25) is 38.6 Å². The van der Waals surface area contributed by atoms with E-state index >= 15 is 0 Å². The first-order valence-electron chi connectivity index (χ1n) is 15.1. The van der Waals surface area contributed by atoms with Crippen molar-refractivity contribution in [2.45, 2.75) is 56.7 Å². The number of imide groups is 3. The first kappa shape index (κ1) is 34.3. The molecular formula is C30H38N10O7. The SMILES string of the molecule is NCCCCC1NC(=O)C[C@@H](C(=O)N2C(=O)c3cccc4c(N)ccc(c34)C2=O)NC(=O)CNC(=O)C(CCCN=C(N)N)NC1=O. The molecule has 1 saturated heterocycles. The second-order valence-electron chi connectivity index (χ2n) is 11.2. The van der Waals surface area contributed by atoms with Gasteiger partial charge in [-0.05, 0) is 56.8 Å². The van der Waals surface area contributed by atoms with Gasteiger partial charge in [0.25, 0.3) is 17.7 Å². The third-order valence-electron chi connectivity index (χ3n) is 7.78. The van der Waals surface area contributed by atoms with Crippen LogP contribution in [0.5, 0.6) is 0 Å². The van der Waals surface area contributed by atoms with Gasteiger partial charge >= 0.3 is 0 Å². The molecule has 17 heteroatoms. The Morgan fingerprint density at radius 1 is 0.830 bits per heavy atom. The van der Waals surface area contributed by atoms with Crippen molar-refractivity contribution in [3.05, 3.63) is 41.5 Å². The number of guanidine groups is 1. The molecule has 0 spiro atoms. The summed E-state index contributed by atoms with van der Waals surface area (Å²) in [4.78, 5) is 97.9. The van der Waals surface area contributed by atoms with Crippen molar-refractivity contribution in [3.8, 4) is 0 Å². The van der Waals surface area contributed by atoms with Crippen LogP contribution in [0, 0.1) is 0 Å². The third-order valence-corrected chi connectivity index (χ3v) is 7.78. The maximum absolute atomic E-state index is 13.9. The van der Waals surface area contributed by atoms with Crippen molar-refractivity contribution in [2.75, 3.05) is 25.4 Å². The number of hydrogen-bond acceptors (Lipinski definition) is 10.